The number of fused-ring (bicyclic) bond motifs is 5. The molecule has 162 valence electrons. The molecule has 7 atom stereocenters. The van der Waals surface area contributed by atoms with Crippen molar-refractivity contribution in [2.45, 2.75) is 99.0 Å². The van der Waals surface area contributed by atoms with Crippen LogP contribution >= 0.6 is 0 Å². The molecule has 0 spiro atoms. The van der Waals surface area contributed by atoms with Gasteiger partial charge in [-0.3, -0.25) is 9.59 Å². The van der Waals surface area contributed by atoms with Crippen molar-refractivity contribution < 1.29 is 14.3 Å². The topological polar surface area (TPSA) is 43.4 Å². The zero-order valence-electron chi connectivity index (χ0n) is 19.4. The number of Topliss-reactive ketones (excluding diaryl/α,β-unsaturated/α-hetero) is 1. The van der Waals surface area contributed by atoms with Crippen LogP contribution in [0.15, 0.2) is 12.2 Å². The molecule has 0 heterocycles. The average molecular weight is 401 g/mol. The SMILES string of the molecule is C=C1CC[C@]2(C)C(CCC3[C@@]4(C)CCC(OC(C)=O)C(C)(C)C4CC[C@]32C)C1=O. The number of carbonyl (C=O) groups is 2. The van der Waals surface area contributed by atoms with E-state index in [1.165, 1.54) is 19.8 Å². The van der Waals surface area contributed by atoms with Crippen LogP contribution in [0.4, 0.5) is 0 Å². The molecule has 4 fully saturated rings. The van der Waals surface area contributed by atoms with Gasteiger partial charge in [-0.2, -0.15) is 0 Å². The minimum Gasteiger partial charge on any atom is -0.462 e. The highest BCUT2D eigenvalue weighted by Gasteiger charge is 2.68. The van der Waals surface area contributed by atoms with Gasteiger partial charge in [-0.15, -0.1) is 0 Å². The summed E-state index contributed by atoms with van der Waals surface area (Å²) < 4.78 is 5.80. The number of carbonyl (C=O) groups excluding carboxylic acids is 2. The molecular formula is C26H40O3. The lowest BCUT2D eigenvalue weighted by Crippen LogP contribution is -2.65. The van der Waals surface area contributed by atoms with E-state index in [0.29, 0.717) is 17.6 Å². The normalized spacial score (nSPS) is 48.9. The Hall–Kier alpha value is -1.12. The summed E-state index contributed by atoms with van der Waals surface area (Å²) in [6.45, 7) is 17.7. The van der Waals surface area contributed by atoms with Crippen LogP contribution in [-0.2, 0) is 14.3 Å². The van der Waals surface area contributed by atoms with Crippen molar-refractivity contribution in [3.05, 3.63) is 12.2 Å². The van der Waals surface area contributed by atoms with Crippen LogP contribution < -0.4 is 0 Å². The Morgan fingerprint density at radius 2 is 1.62 bits per heavy atom. The van der Waals surface area contributed by atoms with Gasteiger partial charge >= 0.3 is 5.97 Å². The van der Waals surface area contributed by atoms with E-state index in [1.807, 2.05) is 0 Å². The van der Waals surface area contributed by atoms with E-state index >= 15 is 0 Å². The Labute approximate surface area is 177 Å². The molecule has 4 rings (SSSR count). The van der Waals surface area contributed by atoms with Crippen molar-refractivity contribution in [2.75, 3.05) is 0 Å². The molecule has 0 bridgehead atoms. The predicted octanol–water partition coefficient (Wildman–Crippen LogP) is 6.11. The molecule has 0 amide bonds. The minimum atomic E-state index is -0.152. The van der Waals surface area contributed by atoms with Crippen LogP contribution in [0.3, 0.4) is 0 Å². The van der Waals surface area contributed by atoms with Gasteiger partial charge in [0.2, 0.25) is 0 Å². The summed E-state index contributed by atoms with van der Waals surface area (Å²) in [6.07, 6.45) is 8.61. The van der Waals surface area contributed by atoms with Gasteiger partial charge in [-0.25, -0.2) is 0 Å². The van der Waals surface area contributed by atoms with E-state index in [4.69, 9.17) is 4.74 Å². The van der Waals surface area contributed by atoms with Crippen LogP contribution in [0.2, 0.25) is 0 Å². The maximum atomic E-state index is 13.0. The van der Waals surface area contributed by atoms with Crippen LogP contribution in [-0.4, -0.2) is 17.9 Å². The lowest BCUT2D eigenvalue weighted by Gasteiger charge is -2.70. The number of hydrogen-bond donors (Lipinski definition) is 0. The van der Waals surface area contributed by atoms with Crippen molar-refractivity contribution in [3.8, 4) is 0 Å². The van der Waals surface area contributed by atoms with Crippen LogP contribution in [0, 0.1) is 39.4 Å². The Morgan fingerprint density at radius 3 is 2.28 bits per heavy atom. The standard InChI is InChI=1S/C26H40O3/c1-16-10-14-25(6)18(22(16)28)8-9-20-24(5)13-12-21(29-17(2)27)23(3,4)19(24)11-15-26(20,25)7/h18-21H,1,8-15H2,2-7H3/t18?,19?,20?,21?,24-,25+,26+/m0/s1. The molecule has 0 aromatic heterocycles. The Kier molecular flexibility index (Phi) is 4.69. The van der Waals surface area contributed by atoms with Gasteiger partial charge in [-0.1, -0.05) is 41.2 Å². The zero-order valence-corrected chi connectivity index (χ0v) is 19.4. The van der Waals surface area contributed by atoms with Crippen LogP contribution in [0.5, 0.6) is 0 Å². The van der Waals surface area contributed by atoms with E-state index in [-0.39, 0.29) is 39.7 Å². The van der Waals surface area contributed by atoms with Gasteiger partial charge in [0.25, 0.3) is 0 Å². The molecule has 4 aliphatic carbocycles. The van der Waals surface area contributed by atoms with Crippen LogP contribution in [0.25, 0.3) is 0 Å². The summed E-state index contributed by atoms with van der Waals surface area (Å²) in [6, 6.07) is 0. The average Bonchev–Trinajstić information content (AvgIpc) is 2.62. The highest BCUT2D eigenvalue weighted by molar-refractivity contribution is 5.98. The second-order valence-corrected chi connectivity index (χ2v) is 12.0. The molecule has 0 N–H and O–H groups in total. The van der Waals surface area contributed by atoms with Crippen molar-refractivity contribution in [3.63, 3.8) is 0 Å². The largest absolute Gasteiger partial charge is 0.462 e. The van der Waals surface area contributed by atoms with Gasteiger partial charge in [0, 0.05) is 18.3 Å². The summed E-state index contributed by atoms with van der Waals surface area (Å²) in [4.78, 5) is 24.8. The van der Waals surface area contributed by atoms with Crippen molar-refractivity contribution in [2.24, 2.45) is 39.4 Å². The number of rotatable bonds is 1. The minimum absolute atomic E-state index is 0.00553. The highest BCUT2D eigenvalue weighted by Crippen LogP contribution is 2.73. The Balaban J connectivity index is 1.70. The lowest BCUT2D eigenvalue weighted by molar-refractivity contribution is -0.230. The van der Waals surface area contributed by atoms with Crippen molar-refractivity contribution in [1.29, 1.82) is 0 Å². The first-order chi connectivity index (χ1) is 13.4. The molecule has 4 saturated carbocycles. The third-order valence-electron chi connectivity index (χ3n) is 10.7. The van der Waals surface area contributed by atoms with Gasteiger partial charge in [0.15, 0.2) is 5.78 Å². The third kappa shape index (κ3) is 2.67. The zero-order chi connectivity index (χ0) is 21.4. The second kappa shape index (κ2) is 6.44. The van der Waals surface area contributed by atoms with Crippen LogP contribution in [0.1, 0.15) is 92.9 Å². The van der Waals surface area contributed by atoms with E-state index in [2.05, 4.69) is 41.2 Å². The van der Waals surface area contributed by atoms with Crippen molar-refractivity contribution >= 4 is 11.8 Å². The fraction of sp³-hybridized carbons (Fsp3) is 0.846. The summed E-state index contributed by atoms with van der Waals surface area (Å²) >= 11 is 0. The van der Waals surface area contributed by atoms with E-state index in [9.17, 15) is 9.59 Å². The monoisotopic (exact) mass is 400 g/mol. The maximum Gasteiger partial charge on any atom is 0.302 e. The highest BCUT2D eigenvalue weighted by atomic mass is 16.5. The van der Waals surface area contributed by atoms with E-state index in [0.717, 1.165) is 44.1 Å². The number of ether oxygens (including phenoxy) is 1. The summed E-state index contributed by atoms with van der Waals surface area (Å²) in [5, 5.41) is 0. The fourth-order valence-electron chi connectivity index (χ4n) is 8.98. The number of ketones is 1. The molecular weight excluding hydrogens is 360 g/mol. The summed E-state index contributed by atoms with van der Waals surface area (Å²) in [5.74, 6) is 1.55. The molecule has 0 aliphatic heterocycles. The Morgan fingerprint density at radius 1 is 0.931 bits per heavy atom. The molecule has 3 heteroatoms. The first-order valence-corrected chi connectivity index (χ1v) is 11.8. The Bertz CT molecular complexity index is 751. The summed E-state index contributed by atoms with van der Waals surface area (Å²) in [5.41, 5.74) is 1.38. The number of hydrogen-bond acceptors (Lipinski definition) is 3. The first-order valence-electron chi connectivity index (χ1n) is 11.8. The van der Waals surface area contributed by atoms with Gasteiger partial charge in [0.1, 0.15) is 6.10 Å². The molecule has 4 unspecified atom stereocenters. The quantitative estimate of drug-likeness (QED) is 0.394. The molecule has 4 aliphatic rings. The fourth-order valence-corrected chi connectivity index (χ4v) is 8.98. The first kappa shape index (κ1) is 21.1. The van der Waals surface area contributed by atoms with Gasteiger partial charge < -0.3 is 4.74 Å². The van der Waals surface area contributed by atoms with E-state index in [1.54, 1.807) is 0 Å². The number of esters is 1. The molecule has 29 heavy (non-hydrogen) atoms. The lowest BCUT2D eigenvalue weighted by atomic mass is 9.34. The molecule has 0 saturated heterocycles. The predicted molar refractivity (Wildman–Crippen MR) is 115 cm³/mol. The summed E-state index contributed by atoms with van der Waals surface area (Å²) in [7, 11) is 0. The van der Waals surface area contributed by atoms with Crippen molar-refractivity contribution in [1.82, 2.24) is 0 Å². The molecule has 0 aromatic rings. The maximum absolute atomic E-state index is 13.0. The van der Waals surface area contributed by atoms with Gasteiger partial charge in [-0.05, 0) is 85.0 Å². The van der Waals surface area contributed by atoms with Gasteiger partial charge in [0.05, 0.1) is 0 Å². The molecule has 0 aromatic carbocycles. The van der Waals surface area contributed by atoms with E-state index < -0.39 is 0 Å². The second-order valence-electron chi connectivity index (χ2n) is 12.0. The third-order valence-corrected chi connectivity index (χ3v) is 10.7. The molecule has 0 radical (unpaired) electrons. The smallest absolute Gasteiger partial charge is 0.302 e. The number of allylic oxidation sites excluding steroid dienone is 1. The molecule has 3 nitrogen and oxygen atoms in total.